The van der Waals surface area contributed by atoms with Crippen LogP contribution in [0, 0.1) is 0 Å². The van der Waals surface area contributed by atoms with E-state index < -0.39 is 23.6 Å². The number of aromatic amines is 1. The Labute approximate surface area is 135 Å². The molecule has 0 aliphatic carbocycles. The number of aromatic nitrogens is 2. The van der Waals surface area contributed by atoms with E-state index in [0.717, 1.165) is 0 Å². The van der Waals surface area contributed by atoms with Crippen molar-refractivity contribution in [3.8, 4) is 0 Å². The van der Waals surface area contributed by atoms with E-state index in [1.807, 2.05) is 0 Å². The number of nitrogens with two attached hydrogens (primary N) is 1. The van der Waals surface area contributed by atoms with Gasteiger partial charge in [0.05, 0.1) is 0 Å². The number of carbonyl (C=O) groups excluding carboxylic acids is 1. The van der Waals surface area contributed by atoms with Gasteiger partial charge in [-0.1, -0.05) is 26.0 Å². The summed E-state index contributed by atoms with van der Waals surface area (Å²) in [5.74, 6) is -0.456. The number of aliphatic hydroxyl groups is 1. The fourth-order valence-corrected chi connectivity index (χ4v) is 2.26. The molecular weight excluding hydrogens is 325 g/mol. The van der Waals surface area contributed by atoms with Crippen molar-refractivity contribution in [2.45, 2.75) is 31.5 Å². The van der Waals surface area contributed by atoms with Gasteiger partial charge in [-0.3, -0.25) is 9.89 Å². The highest BCUT2D eigenvalue weighted by molar-refractivity contribution is 5.97. The van der Waals surface area contributed by atoms with Crippen LogP contribution in [-0.4, -0.2) is 33.5 Å². The number of hydrogen-bond acceptors (Lipinski definition) is 4. The van der Waals surface area contributed by atoms with Gasteiger partial charge in [-0.2, -0.15) is 18.3 Å². The number of carbonyl (C=O) groups is 1. The third-order valence-electron chi connectivity index (χ3n) is 3.79. The summed E-state index contributed by atoms with van der Waals surface area (Å²) in [7, 11) is 0. The molecule has 1 aromatic carbocycles. The van der Waals surface area contributed by atoms with Crippen LogP contribution in [0.25, 0.3) is 0 Å². The number of benzene rings is 1. The minimum Gasteiger partial charge on any atom is -0.383 e. The number of nitrogens with zero attached hydrogens (tertiary/aromatic N) is 1. The number of nitrogens with one attached hydrogen (secondary N) is 2. The van der Waals surface area contributed by atoms with Crippen molar-refractivity contribution < 1.29 is 23.1 Å². The molecule has 1 atom stereocenters. The zero-order valence-electron chi connectivity index (χ0n) is 13.0. The average molecular weight is 342 g/mol. The molecule has 0 radical (unpaired) electrons. The number of hydrogen-bond donors (Lipinski definition) is 4. The Kier molecular flexibility index (Phi) is 4.57. The number of primary amides is 1. The minimum atomic E-state index is -4.72. The van der Waals surface area contributed by atoms with Crippen molar-refractivity contribution in [1.29, 1.82) is 0 Å². The number of rotatable bonds is 5. The Morgan fingerprint density at radius 2 is 1.88 bits per heavy atom. The van der Waals surface area contributed by atoms with E-state index in [4.69, 9.17) is 5.73 Å². The summed E-state index contributed by atoms with van der Waals surface area (Å²) < 4.78 is 38.3. The molecule has 2 rings (SSSR count). The largest absolute Gasteiger partial charge is 0.415 e. The lowest BCUT2D eigenvalue weighted by Crippen LogP contribution is -2.44. The molecule has 0 saturated carbocycles. The predicted molar refractivity (Wildman–Crippen MR) is 81.9 cm³/mol. The van der Waals surface area contributed by atoms with Gasteiger partial charge in [0.1, 0.15) is 5.56 Å². The molecule has 0 aliphatic heterocycles. The fourth-order valence-electron chi connectivity index (χ4n) is 2.26. The van der Waals surface area contributed by atoms with Crippen LogP contribution in [0.15, 0.2) is 30.5 Å². The highest BCUT2D eigenvalue weighted by atomic mass is 19.4. The quantitative estimate of drug-likeness (QED) is 0.670. The Balaban J connectivity index is 2.22. The average Bonchev–Trinajstić information content (AvgIpc) is 2.94. The molecule has 0 aliphatic rings. The van der Waals surface area contributed by atoms with Gasteiger partial charge in [-0.15, -0.1) is 0 Å². The van der Waals surface area contributed by atoms with Crippen LogP contribution < -0.4 is 11.1 Å². The normalized spacial score (nSPS) is 13.6. The zero-order chi connectivity index (χ0) is 18.1. The molecule has 9 heteroatoms. The molecule has 1 unspecified atom stereocenters. The van der Waals surface area contributed by atoms with Crippen LogP contribution in [-0.2, 0) is 5.41 Å². The van der Waals surface area contributed by atoms with Crippen LogP contribution in [0.5, 0.6) is 0 Å². The van der Waals surface area contributed by atoms with Crippen LogP contribution in [0.4, 0.5) is 24.7 Å². The van der Waals surface area contributed by atoms with Crippen molar-refractivity contribution in [2.75, 3.05) is 5.32 Å². The van der Waals surface area contributed by atoms with Crippen molar-refractivity contribution in [2.24, 2.45) is 5.73 Å². The van der Waals surface area contributed by atoms with Gasteiger partial charge < -0.3 is 16.2 Å². The molecule has 0 spiro atoms. The van der Waals surface area contributed by atoms with E-state index in [9.17, 15) is 23.1 Å². The maximum Gasteiger partial charge on any atom is 0.415 e. The van der Waals surface area contributed by atoms with E-state index in [1.54, 1.807) is 0 Å². The Morgan fingerprint density at radius 3 is 2.38 bits per heavy atom. The fraction of sp³-hybridized carbons (Fsp3) is 0.333. The summed E-state index contributed by atoms with van der Waals surface area (Å²) in [6.07, 6.45) is -5.87. The number of H-pyrrole nitrogens is 1. The summed E-state index contributed by atoms with van der Waals surface area (Å²) in [6.45, 7) is 2.62. The molecule has 2 aromatic rings. The molecule has 1 aromatic heterocycles. The van der Waals surface area contributed by atoms with Crippen molar-refractivity contribution in [3.63, 3.8) is 0 Å². The Morgan fingerprint density at radius 1 is 1.29 bits per heavy atom. The van der Waals surface area contributed by atoms with Crippen molar-refractivity contribution in [3.05, 3.63) is 41.6 Å². The first-order valence-corrected chi connectivity index (χ1v) is 6.99. The van der Waals surface area contributed by atoms with E-state index >= 15 is 0 Å². The number of anilines is 2. The molecule has 1 amide bonds. The molecule has 24 heavy (non-hydrogen) atoms. The molecular formula is C15H17F3N4O2. The summed E-state index contributed by atoms with van der Waals surface area (Å²) in [5.41, 5.74) is 4.66. The number of alkyl halides is 3. The molecule has 5 N–H and O–H groups in total. The second kappa shape index (κ2) is 6.16. The molecule has 0 fully saturated rings. The zero-order valence-corrected chi connectivity index (χ0v) is 13.0. The van der Waals surface area contributed by atoms with Gasteiger partial charge >= 0.3 is 6.18 Å². The van der Waals surface area contributed by atoms with Crippen LogP contribution >= 0.6 is 0 Å². The Hall–Kier alpha value is -2.55. The summed E-state index contributed by atoms with van der Waals surface area (Å²) >= 11 is 0. The van der Waals surface area contributed by atoms with Gasteiger partial charge in [0.15, 0.2) is 11.9 Å². The highest BCUT2D eigenvalue weighted by Crippen LogP contribution is 2.37. The molecule has 6 nitrogen and oxygen atoms in total. The first kappa shape index (κ1) is 17.8. The standard InChI is InChI=1S/C15H17F3N4O2/c1-14(2,13(24)15(16,17)18)8-3-5-9(6-4-8)21-12-10(11(19)23)7-20-22-12/h3-7,13,24H,1-2H3,(H2,19,23)(H2,20,21,22). The van der Waals surface area contributed by atoms with Gasteiger partial charge in [-0.05, 0) is 17.7 Å². The van der Waals surface area contributed by atoms with Gasteiger partial charge in [0.2, 0.25) is 0 Å². The maximum atomic E-state index is 12.8. The van der Waals surface area contributed by atoms with Crippen molar-refractivity contribution >= 4 is 17.4 Å². The summed E-state index contributed by atoms with van der Waals surface area (Å²) in [6, 6.07) is 5.99. The van der Waals surface area contributed by atoms with E-state index in [1.165, 1.54) is 44.3 Å². The van der Waals surface area contributed by atoms with Crippen LogP contribution in [0.3, 0.4) is 0 Å². The first-order valence-electron chi connectivity index (χ1n) is 6.99. The van der Waals surface area contributed by atoms with Gasteiger partial charge in [0, 0.05) is 17.3 Å². The molecule has 0 bridgehead atoms. The smallest absolute Gasteiger partial charge is 0.383 e. The highest BCUT2D eigenvalue weighted by Gasteiger charge is 2.48. The number of aliphatic hydroxyl groups excluding tert-OH is 1. The van der Waals surface area contributed by atoms with Crippen LogP contribution in [0.2, 0.25) is 0 Å². The SMILES string of the molecule is CC(C)(c1ccc(Nc2n[nH]cc2C(N)=O)cc1)C(O)C(F)(F)F. The van der Waals surface area contributed by atoms with Crippen molar-refractivity contribution in [1.82, 2.24) is 10.2 Å². The van der Waals surface area contributed by atoms with Gasteiger partial charge in [-0.25, -0.2) is 0 Å². The van der Waals surface area contributed by atoms with E-state index in [2.05, 4.69) is 15.5 Å². The maximum absolute atomic E-state index is 12.8. The van der Waals surface area contributed by atoms with Gasteiger partial charge in [0.25, 0.3) is 5.91 Å². The van der Waals surface area contributed by atoms with E-state index in [-0.39, 0.29) is 11.4 Å². The third kappa shape index (κ3) is 3.51. The Bertz CT molecular complexity index is 723. The monoisotopic (exact) mass is 342 g/mol. The summed E-state index contributed by atoms with van der Waals surface area (Å²) in [4.78, 5) is 11.2. The second-order valence-electron chi connectivity index (χ2n) is 5.88. The number of amides is 1. The van der Waals surface area contributed by atoms with Crippen LogP contribution in [0.1, 0.15) is 29.8 Å². The minimum absolute atomic E-state index is 0.159. The molecule has 0 saturated heterocycles. The lowest BCUT2D eigenvalue weighted by Gasteiger charge is -2.32. The lowest BCUT2D eigenvalue weighted by atomic mass is 9.79. The lowest BCUT2D eigenvalue weighted by molar-refractivity contribution is -0.221. The molecule has 1 heterocycles. The van der Waals surface area contributed by atoms with E-state index in [0.29, 0.717) is 11.3 Å². The number of halogens is 3. The summed E-state index contributed by atoms with van der Waals surface area (Å²) in [5, 5.41) is 18.7. The first-order chi connectivity index (χ1) is 11.0. The predicted octanol–water partition coefficient (Wildman–Crippen LogP) is 2.45. The molecule has 130 valence electrons. The third-order valence-corrected chi connectivity index (χ3v) is 3.79. The topological polar surface area (TPSA) is 104 Å². The second-order valence-corrected chi connectivity index (χ2v) is 5.88.